The summed E-state index contributed by atoms with van der Waals surface area (Å²) in [5.74, 6) is 0.444. The van der Waals surface area contributed by atoms with Gasteiger partial charge >= 0.3 is 0 Å². The lowest BCUT2D eigenvalue weighted by Crippen LogP contribution is -2.01. The quantitative estimate of drug-likeness (QED) is 0.779. The Morgan fingerprint density at radius 3 is 2.78 bits per heavy atom. The van der Waals surface area contributed by atoms with Crippen LogP contribution in [0.3, 0.4) is 0 Å². The number of aromatic nitrogens is 6. The van der Waals surface area contributed by atoms with Crippen LogP contribution in [0.15, 0.2) is 36.5 Å². The van der Waals surface area contributed by atoms with Crippen LogP contribution in [0.5, 0.6) is 0 Å². The van der Waals surface area contributed by atoms with E-state index < -0.39 is 0 Å². The molecule has 0 aliphatic carbocycles. The first-order chi connectivity index (χ1) is 8.84. The molecular weight excluding hydrogens is 252 g/mol. The van der Waals surface area contributed by atoms with Crippen molar-refractivity contribution < 1.29 is 0 Å². The molecule has 0 radical (unpaired) electrons. The molecule has 0 aliphatic heterocycles. The average Bonchev–Trinajstić information content (AvgIpc) is 3.02. The highest BCUT2D eigenvalue weighted by atomic mass is 35.5. The van der Waals surface area contributed by atoms with Gasteiger partial charge in [0.1, 0.15) is 5.15 Å². The molecule has 0 aliphatic rings. The molecule has 3 aromatic rings. The molecule has 1 N–H and O–H groups in total. The molecule has 0 saturated carbocycles. The van der Waals surface area contributed by atoms with E-state index in [4.69, 9.17) is 11.6 Å². The maximum Gasteiger partial charge on any atom is 0.209 e. The van der Waals surface area contributed by atoms with Gasteiger partial charge in [-0.05, 0) is 10.8 Å². The standard InChI is InChI=1S/C11H9ClN6/c12-10-9(11-14-16-17-15-11)6-13-18(10)7-8-4-2-1-3-5-8/h1-6H,7H2,(H,14,15,16,17). The van der Waals surface area contributed by atoms with Crippen LogP contribution < -0.4 is 0 Å². The van der Waals surface area contributed by atoms with Crippen LogP contribution in [0.25, 0.3) is 11.4 Å². The Balaban J connectivity index is 1.91. The van der Waals surface area contributed by atoms with Gasteiger partial charge in [0.15, 0.2) is 0 Å². The highest BCUT2D eigenvalue weighted by Gasteiger charge is 2.13. The van der Waals surface area contributed by atoms with Crippen LogP contribution in [0.1, 0.15) is 5.56 Å². The first-order valence-electron chi connectivity index (χ1n) is 5.33. The van der Waals surface area contributed by atoms with E-state index in [0.29, 0.717) is 23.1 Å². The van der Waals surface area contributed by atoms with E-state index in [1.165, 1.54) is 0 Å². The maximum atomic E-state index is 6.24. The number of hydrogen-bond donors (Lipinski definition) is 1. The fraction of sp³-hybridized carbons (Fsp3) is 0.0909. The summed E-state index contributed by atoms with van der Waals surface area (Å²) in [4.78, 5) is 0. The summed E-state index contributed by atoms with van der Waals surface area (Å²) in [5, 5.41) is 18.4. The highest BCUT2D eigenvalue weighted by Crippen LogP contribution is 2.24. The maximum absolute atomic E-state index is 6.24. The van der Waals surface area contributed by atoms with Gasteiger partial charge in [0.05, 0.1) is 18.3 Å². The Morgan fingerprint density at radius 1 is 1.22 bits per heavy atom. The Hall–Kier alpha value is -2.21. The number of halogens is 1. The van der Waals surface area contributed by atoms with Gasteiger partial charge in [0.2, 0.25) is 5.82 Å². The average molecular weight is 261 g/mol. The Kier molecular flexibility index (Phi) is 2.77. The van der Waals surface area contributed by atoms with Gasteiger partial charge in [0.25, 0.3) is 0 Å². The second kappa shape index (κ2) is 4.58. The van der Waals surface area contributed by atoms with Crippen molar-refractivity contribution in [3.05, 3.63) is 47.2 Å². The molecule has 6 nitrogen and oxygen atoms in total. The van der Waals surface area contributed by atoms with E-state index in [-0.39, 0.29) is 0 Å². The molecule has 0 atom stereocenters. The number of H-pyrrole nitrogens is 1. The third-order valence-corrected chi connectivity index (χ3v) is 2.94. The minimum atomic E-state index is 0.444. The second-order valence-electron chi connectivity index (χ2n) is 3.73. The number of benzene rings is 1. The minimum absolute atomic E-state index is 0.444. The summed E-state index contributed by atoms with van der Waals surface area (Å²) < 4.78 is 1.70. The van der Waals surface area contributed by atoms with Crippen molar-refractivity contribution in [3.8, 4) is 11.4 Å². The van der Waals surface area contributed by atoms with Crippen LogP contribution >= 0.6 is 11.6 Å². The van der Waals surface area contributed by atoms with Crippen molar-refractivity contribution in [2.75, 3.05) is 0 Å². The second-order valence-corrected chi connectivity index (χ2v) is 4.09. The van der Waals surface area contributed by atoms with E-state index in [1.807, 2.05) is 30.3 Å². The third kappa shape index (κ3) is 1.98. The van der Waals surface area contributed by atoms with Crippen molar-refractivity contribution in [2.45, 2.75) is 6.54 Å². The SMILES string of the molecule is Clc1c(-c2nn[nH]n2)cnn1Cc1ccccc1. The molecule has 2 heterocycles. The van der Waals surface area contributed by atoms with Crippen LogP contribution in [0, 0.1) is 0 Å². The van der Waals surface area contributed by atoms with Crippen molar-refractivity contribution in [2.24, 2.45) is 0 Å². The van der Waals surface area contributed by atoms with Crippen molar-refractivity contribution in [1.29, 1.82) is 0 Å². The summed E-state index contributed by atoms with van der Waals surface area (Å²) in [6.07, 6.45) is 1.64. The van der Waals surface area contributed by atoms with Gasteiger partial charge in [0, 0.05) is 0 Å². The molecule has 0 amide bonds. The fourth-order valence-corrected chi connectivity index (χ4v) is 1.90. The topological polar surface area (TPSA) is 72.3 Å². The number of rotatable bonds is 3. The number of hydrogen-bond acceptors (Lipinski definition) is 4. The predicted octanol–water partition coefficient (Wildman–Crippen LogP) is 1.76. The van der Waals surface area contributed by atoms with E-state index in [0.717, 1.165) is 5.56 Å². The normalized spacial score (nSPS) is 10.7. The zero-order chi connectivity index (χ0) is 12.4. The first kappa shape index (κ1) is 10.9. The molecule has 18 heavy (non-hydrogen) atoms. The molecule has 0 bridgehead atoms. The molecule has 0 unspecified atom stereocenters. The van der Waals surface area contributed by atoms with Crippen molar-refractivity contribution in [3.63, 3.8) is 0 Å². The summed E-state index contributed by atoms with van der Waals surface area (Å²) in [7, 11) is 0. The fourth-order valence-electron chi connectivity index (χ4n) is 1.66. The molecule has 1 aromatic carbocycles. The lowest BCUT2D eigenvalue weighted by atomic mass is 10.2. The van der Waals surface area contributed by atoms with Gasteiger partial charge in [-0.3, -0.25) is 0 Å². The van der Waals surface area contributed by atoms with Gasteiger partial charge in [-0.2, -0.15) is 10.3 Å². The molecule has 90 valence electrons. The lowest BCUT2D eigenvalue weighted by molar-refractivity contribution is 0.688. The van der Waals surface area contributed by atoms with Crippen molar-refractivity contribution in [1.82, 2.24) is 30.4 Å². The molecule has 0 saturated heterocycles. The molecule has 0 fully saturated rings. The van der Waals surface area contributed by atoms with E-state index in [1.54, 1.807) is 10.9 Å². The van der Waals surface area contributed by atoms with E-state index in [9.17, 15) is 0 Å². The molecule has 3 rings (SSSR count). The number of nitrogens with one attached hydrogen (secondary N) is 1. The van der Waals surface area contributed by atoms with Crippen LogP contribution in [-0.2, 0) is 6.54 Å². The third-order valence-electron chi connectivity index (χ3n) is 2.54. The van der Waals surface area contributed by atoms with E-state index in [2.05, 4.69) is 25.7 Å². The van der Waals surface area contributed by atoms with E-state index >= 15 is 0 Å². The summed E-state index contributed by atoms with van der Waals surface area (Å²) in [6, 6.07) is 9.97. The highest BCUT2D eigenvalue weighted by molar-refractivity contribution is 6.32. The number of tetrazole rings is 1. The summed E-state index contributed by atoms with van der Waals surface area (Å²) in [6.45, 7) is 0.609. The molecule has 2 aromatic heterocycles. The van der Waals surface area contributed by atoms with Gasteiger partial charge in [-0.25, -0.2) is 4.68 Å². The molecular formula is C11H9ClN6. The minimum Gasteiger partial charge on any atom is -0.249 e. The van der Waals surface area contributed by atoms with Crippen LogP contribution in [-0.4, -0.2) is 30.4 Å². The van der Waals surface area contributed by atoms with Crippen LogP contribution in [0.2, 0.25) is 5.15 Å². The first-order valence-corrected chi connectivity index (χ1v) is 5.71. The Labute approximate surface area is 108 Å². The lowest BCUT2D eigenvalue weighted by Gasteiger charge is -2.03. The summed E-state index contributed by atoms with van der Waals surface area (Å²) in [5.41, 5.74) is 1.79. The smallest absolute Gasteiger partial charge is 0.209 e. The number of aromatic amines is 1. The Morgan fingerprint density at radius 2 is 2.06 bits per heavy atom. The van der Waals surface area contributed by atoms with Gasteiger partial charge in [-0.15, -0.1) is 10.2 Å². The predicted molar refractivity (Wildman–Crippen MR) is 66.0 cm³/mol. The van der Waals surface area contributed by atoms with Crippen LogP contribution in [0.4, 0.5) is 0 Å². The zero-order valence-corrected chi connectivity index (χ0v) is 10.0. The molecule has 0 spiro atoms. The summed E-state index contributed by atoms with van der Waals surface area (Å²) >= 11 is 6.24. The van der Waals surface area contributed by atoms with Gasteiger partial charge in [-0.1, -0.05) is 41.9 Å². The number of nitrogens with zero attached hydrogens (tertiary/aromatic N) is 5. The van der Waals surface area contributed by atoms with Gasteiger partial charge < -0.3 is 0 Å². The molecule has 7 heteroatoms. The largest absolute Gasteiger partial charge is 0.249 e. The Bertz CT molecular complexity index is 631. The van der Waals surface area contributed by atoms with Crippen molar-refractivity contribution >= 4 is 11.6 Å². The zero-order valence-electron chi connectivity index (χ0n) is 9.29. The monoisotopic (exact) mass is 260 g/mol.